The molecule has 0 aliphatic carbocycles. The highest BCUT2D eigenvalue weighted by Crippen LogP contribution is 2.22. The lowest BCUT2D eigenvalue weighted by Crippen LogP contribution is -2.07. The van der Waals surface area contributed by atoms with E-state index >= 15 is 0 Å². The molecule has 1 heterocycles. The van der Waals surface area contributed by atoms with E-state index in [1.165, 1.54) is 12.4 Å². The lowest BCUT2D eigenvalue weighted by molar-refractivity contribution is -0.384. The lowest BCUT2D eigenvalue weighted by atomic mass is 10.3. The lowest BCUT2D eigenvalue weighted by Gasteiger charge is -2.06. The van der Waals surface area contributed by atoms with Crippen molar-refractivity contribution in [3.8, 4) is 0 Å². The molecular formula is C9H8N4O2. The summed E-state index contributed by atoms with van der Waals surface area (Å²) in [6, 6.07) is 6.43. The summed E-state index contributed by atoms with van der Waals surface area (Å²) in [6.07, 6.45) is 4.77. The van der Waals surface area contributed by atoms with Gasteiger partial charge in [-0.25, -0.2) is 4.98 Å². The van der Waals surface area contributed by atoms with Crippen molar-refractivity contribution in [2.75, 3.05) is 5.43 Å². The van der Waals surface area contributed by atoms with Crippen molar-refractivity contribution >= 4 is 11.4 Å². The Balaban J connectivity index is 2.32. The average molecular weight is 204 g/mol. The van der Waals surface area contributed by atoms with Gasteiger partial charge in [-0.3, -0.25) is 20.2 Å². The fraction of sp³-hybridized carbons (Fsp3) is 0. The molecule has 0 saturated carbocycles. The smallest absolute Gasteiger partial charge is 0.287 e. The number of rotatable bonds is 3. The molecule has 0 atom stereocenters. The zero-order chi connectivity index (χ0) is 10.7. The van der Waals surface area contributed by atoms with Gasteiger partial charge in [-0.15, -0.1) is 0 Å². The van der Waals surface area contributed by atoms with Crippen molar-refractivity contribution in [1.82, 2.24) is 9.66 Å². The van der Waals surface area contributed by atoms with E-state index in [-0.39, 0.29) is 5.69 Å². The number of nitro benzene ring substituents is 1. The molecule has 1 aromatic heterocycles. The van der Waals surface area contributed by atoms with E-state index in [9.17, 15) is 10.1 Å². The Hall–Kier alpha value is -2.37. The van der Waals surface area contributed by atoms with Crippen LogP contribution in [0.3, 0.4) is 0 Å². The van der Waals surface area contributed by atoms with Gasteiger partial charge >= 0.3 is 0 Å². The standard InChI is InChI=1S/C9H8N4O2/c14-13(15)9-4-2-1-3-8(9)11-12-6-5-10-7-12/h1-7,11H. The first-order chi connectivity index (χ1) is 7.27. The molecule has 0 unspecified atom stereocenters. The molecular weight excluding hydrogens is 196 g/mol. The Kier molecular flexibility index (Phi) is 2.32. The Labute approximate surface area is 85.3 Å². The van der Waals surface area contributed by atoms with E-state index in [0.29, 0.717) is 5.69 Å². The van der Waals surface area contributed by atoms with E-state index < -0.39 is 4.92 Å². The molecule has 15 heavy (non-hydrogen) atoms. The Morgan fingerprint density at radius 3 is 2.87 bits per heavy atom. The normalized spacial score (nSPS) is 9.87. The van der Waals surface area contributed by atoms with Crippen molar-refractivity contribution < 1.29 is 4.92 Å². The van der Waals surface area contributed by atoms with Crippen molar-refractivity contribution in [2.45, 2.75) is 0 Å². The number of hydrogen-bond acceptors (Lipinski definition) is 4. The summed E-state index contributed by atoms with van der Waals surface area (Å²) >= 11 is 0. The van der Waals surface area contributed by atoms with Crippen LogP contribution in [0.5, 0.6) is 0 Å². The molecule has 6 heteroatoms. The van der Waals surface area contributed by atoms with Crippen molar-refractivity contribution in [3.05, 3.63) is 53.1 Å². The maximum absolute atomic E-state index is 10.7. The number of nitrogens with zero attached hydrogens (tertiary/aromatic N) is 3. The minimum atomic E-state index is -0.431. The monoisotopic (exact) mass is 204 g/mol. The van der Waals surface area contributed by atoms with Crippen molar-refractivity contribution in [2.24, 2.45) is 0 Å². The number of aromatic nitrogens is 2. The van der Waals surface area contributed by atoms with E-state index in [1.807, 2.05) is 0 Å². The molecule has 0 bridgehead atoms. The van der Waals surface area contributed by atoms with E-state index in [0.717, 1.165) is 0 Å². The summed E-state index contributed by atoms with van der Waals surface area (Å²) in [4.78, 5) is 14.1. The van der Waals surface area contributed by atoms with Crippen LogP contribution in [0.15, 0.2) is 43.0 Å². The molecule has 0 aliphatic heterocycles. The summed E-state index contributed by atoms with van der Waals surface area (Å²) in [5.74, 6) is 0. The number of benzene rings is 1. The number of nitro groups is 1. The maximum atomic E-state index is 10.7. The maximum Gasteiger partial charge on any atom is 0.294 e. The first kappa shape index (κ1) is 9.20. The fourth-order valence-corrected chi connectivity index (χ4v) is 1.19. The van der Waals surface area contributed by atoms with Crippen LogP contribution in [0, 0.1) is 10.1 Å². The minimum absolute atomic E-state index is 0.0335. The van der Waals surface area contributed by atoms with Crippen LogP contribution in [0.4, 0.5) is 11.4 Å². The molecule has 2 rings (SSSR count). The highest BCUT2D eigenvalue weighted by atomic mass is 16.6. The van der Waals surface area contributed by atoms with Crippen LogP contribution in [-0.2, 0) is 0 Å². The molecule has 0 fully saturated rings. The predicted molar refractivity (Wildman–Crippen MR) is 54.3 cm³/mol. The second kappa shape index (κ2) is 3.79. The van der Waals surface area contributed by atoms with Crippen LogP contribution in [0.1, 0.15) is 0 Å². The molecule has 0 saturated heterocycles. The third-order valence-electron chi connectivity index (χ3n) is 1.85. The molecule has 76 valence electrons. The van der Waals surface area contributed by atoms with Crippen LogP contribution in [0.2, 0.25) is 0 Å². The van der Waals surface area contributed by atoms with Crippen LogP contribution < -0.4 is 5.43 Å². The van der Waals surface area contributed by atoms with Gasteiger partial charge in [0.2, 0.25) is 0 Å². The van der Waals surface area contributed by atoms with E-state index in [4.69, 9.17) is 0 Å². The zero-order valence-electron chi connectivity index (χ0n) is 7.70. The van der Waals surface area contributed by atoms with Crippen LogP contribution in [-0.4, -0.2) is 14.6 Å². The van der Waals surface area contributed by atoms with Crippen LogP contribution >= 0.6 is 0 Å². The average Bonchev–Trinajstić information content (AvgIpc) is 2.71. The highest BCUT2D eigenvalue weighted by Gasteiger charge is 2.11. The first-order valence-electron chi connectivity index (χ1n) is 4.26. The molecule has 2 aromatic rings. The van der Waals surface area contributed by atoms with Gasteiger partial charge in [0.1, 0.15) is 12.0 Å². The third-order valence-corrected chi connectivity index (χ3v) is 1.85. The second-order valence-corrected chi connectivity index (χ2v) is 2.86. The number of para-hydroxylation sites is 2. The quantitative estimate of drug-likeness (QED) is 0.609. The van der Waals surface area contributed by atoms with Gasteiger partial charge in [-0.1, -0.05) is 12.1 Å². The Morgan fingerprint density at radius 1 is 1.40 bits per heavy atom. The summed E-state index contributed by atoms with van der Waals surface area (Å²) in [6.45, 7) is 0. The summed E-state index contributed by atoms with van der Waals surface area (Å²) < 4.78 is 1.54. The minimum Gasteiger partial charge on any atom is -0.287 e. The largest absolute Gasteiger partial charge is 0.294 e. The van der Waals surface area contributed by atoms with Crippen molar-refractivity contribution in [3.63, 3.8) is 0 Å². The fourth-order valence-electron chi connectivity index (χ4n) is 1.19. The van der Waals surface area contributed by atoms with Gasteiger partial charge in [0, 0.05) is 18.5 Å². The topological polar surface area (TPSA) is 73.0 Å². The molecule has 1 aromatic carbocycles. The number of hydrogen-bond donors (Lipinski definition) is 1. The number of anilines is 1. The first-order valence-corrected chi connectivity index (χ1v) is 4.26. The molecule has 0 spiro atoms. The number of nitrogens with one attached hydrogen (secondary N) is 1. The Morgan fingerprint density at radius 2 is 2.20 bits per heavy atom. The second-order valence-electron chi connectivity index (χ2n) is 2.86. The SMILES string of the molecule is O=[N+]([O-])c1ccccc1Nn1ccnc1. The van der Waals surface area contributed by atoms with E-state index in [2.05, 4.69) is 10.4 Å². The van der Waals surface area contributed by atoms with Gasteiger partial charge in [0.25, 0.3) is 5.69 Å². The van der Waals surface area contributed by atoms with Gasteiger partial charge in [-0.2, -0.15) is 0 Å². The highest BCUT2D eigenvalue weighted by molar-refractivity contribution is 5.60. The molecule has 0 amide bonds. The third kappa shape index (κ3) is 1.93. The van der Waals surface area contributed by atoms with Gasteiger partial charge < -0.3 is 0 Å². The summed E-state index contributed by atoms with van der Waals surface area (Å²) in [5.41, 5.74) is 3.31. The number of imidazole rings is 1. The summed E-state index contributed by atoms with van der Waals surface area (Å²) in [7, 11) is 0. The molecule has 0 aliphatic rings. The Bertz CT molecular complexity index is 467. The predicted octanol–water partition coefficient (Wildman–Crippen LogP) is 1.67. The van der Waals surface area contributed by atoms with Crippen LogP contribution in [0.25, 0.3) is 0 Å². The summed E-state index contributed by atoms with van der Waals surface area (Å²) in [5, 5.41) is 10.7. The molecule has 6 nitrogen and oxygen atoms in total. The van der Waals surface area contributed by atoms with Crippen molar-refractivity contribution in [1.29, 1.82) is 0 Å². The molecule has 0 radical (unpaired) electrons. The zero-order valence-corrected chi connectivity index (χ0v) is 7.70. The molecule has 1 N–H and O–H groups in total. The van der Waals surface area contributed by atoms with Gasteiger partial charge in [-0.05, 0) is 6.07 Å². The van der Waals surface area contributed by atoms with Gasteiger partial charge in [0.05, 0.1) is 4.92 Å². The van der Waals surface area contributed by atoms with Gasteiger partial charge in [0.15, 0.2) is 0 Å². The van der Waals surface area contributed by atoms with E-state index in [1.54, 1.807) is 35.3 Å².